The van der Waals surface area contributed by atoms with Crippen molar-refractivity contribution in [2.24, 2.45) is 0 Å². The standard InChI is InChI=1S/C15H15FN2O4S/c1-22-15-8-13(14(18(19)20)7-12(15)16)17-9-10-3-5-11(6-4-10)23(2)21/h3-8,17H,9H2,1-2H3/t23-/m0/s1. The lowest BCUT2D eigenvalue weighted by Gasteiger charge is -2.10. The Labute approximate surface area is 134 Å². The molecule has 0 heterocycles. The average molecular weight is 338 g/mol. The number of methoxy groups -OCH3 is 1. The first-order valence-corrected chi connectivity index (χ1v) is 8.16. The molecule has 0 saturated carbocycles. The Morgan fingerprint density at radius 1 is 1.30 bits per heavy atom. The van der Waals surface area contributed by atoms with E-state index in [0.717, 1.165) is 11.6 Å². The van der Waals surface area contributed by atoms with Crippen LogP contribution in [0.1, 0.15) is 5.56 Å². The molecular weight excluding hydrogens is 323 g/mol. The molecule has 6 nitrogen and oxygen atoms in total. The molecule has 2 aromatic carbocycles. The largest absolute Gasteiger partial charge is 0.494 e. The van der Waals surface area contributed by atoms with Crippen molar-refractivity contribution in [3.8, 4) is 5.75 Å². The van der Waals surface area contributed by atoms with Gasteiger partial charge in [-0.25, -0.2) is 4.39 Å². The fraction of sp³-hybridized carbons (Fsp3) is 0.200. The van der Waals surface area contributed by atoms with Crippen molar-refractivity contribution in [1.29, 1.82) is 0 Å². The topological polar surface area (TPSA) is 81.5 Å². The van der Waals surface area contributed by atoms with Gasteiger partial charge in [0, 0.05) is 34.6 Å². The minimum atomic E-state index is -1.06. The number of nitrogens with zero attached hydrogens (tertiary/aromatic N) is 1. The third-order valence-electron chi connectivity index (χ3n) is 3.21. The highest BCUT2D eigenvalue weighted by atomic mass is 32.2. The molecule has 0 aliphatic rings. The van der Waals surface area contributed by atoms with Crippen LogP contribution in [0.2, 0.25) is 0 Å². The molecular formula is C15H15FN2O4S. The van der Waals surface area contributed by atoms with Gasteiger partial charge >= 0.3 is 0 Å². The molecule has 8 heteroatoms. The maximum atomic E-state index is 13.6. The molecule has 0 bridgehead atoms. The molecule has 0 spiro atoms. The lowest BCUT2D eigenvalue weighted by atomic mass is 10.2. The van der Waals surface area contributed by atoms with Gasteiger partial charge in [0.05, 0.1) is 18.1 Å². The smallest absolute Gasteiger partial charge is 0.295 e. The molecule has 1 N–H and O–H groups in total. The van der Waals surface area contributed by atoms with Crippen LogP contribution in [0.5, 0.6) is 5.75 Å². The lowest BCUT2D eigenvalue weighted by molar-refractivity contribution is -0.384. The monoisotopic (exact) mass is 338 g/mol. The summed E-state index contributed by atoms with van der Waals surface area (Å²) in [6.45, 7) is 0.298. The maximum Gasteiger partial charge on any atom is 0.295 e. The highest BCUT2D eigenvalue weighted by Gasteiger charge is 2.18. The molecule has 2 rings (SSSR count). The van der Waals surface area contributed by atoms with E-state index < -0.39 is 21.5 Å². The lowest BCUT2D eigenvalue weighted by Crippen LogP contribution is -2.04. The summed E-state index contributed by atoms with van der Waals surface area (Å²) in [5.41, 5.74) is 0.641. The molecule has 0 aromatic heterocycles. The summed E-state index contributed by atoms with van der Waals surface area (Å²) < 4.78 is 29.8. The van der Waals surface area contributed by atoms with E-state index >= 15 is 0 Å². The zero-order chi connectivity index (χ0) is 17.0. The zero-order valence-corrected chi connectivity index (χ0v) is 13.4. The normalized spacial score (nSPS) is 11.8. The second-order valence-corrected chi connectivity index (χ2v) is 6.09. The highest BCUT2D eigenvalue weighted by Crippen LogP contribution is 2.32. The number of benzene rings is 2. The predicted molar refractivity (Wildman–Crippen MR) is 85.7 cm³/mol. The van der Waals surface area contributed by atoms with Crippen LogP contribution in [-0.2, 0) is 17.3 Å². The minimum absolute atomic E-state index is 0.0742. The summed E-state index contributed by atoms with van der Waals surface area (Å²) in [6.07, 6.45) is 1.58. The van der Waals surface area contributed by atoms with E-state index in [1.54, 1.807) is 30.5 Å². The fourth-order valence-electron chi connectivity index (χ4n) is 1.99. The van der Waals surface area contributed by atoms with Gasteiger partial charge in [-0.3, -0.25) is 14.3 Å². The van der Waals surface area contributed by atoms with E-state index in [-0.39, 0.29) is 17.1 Å². The van der Waals surface area contributed by atoms with Crippen LogP contribution >= 0.6 is 0 Å². The molecule has 1 atom stereocenters. The van der Waals surface area contributed by atoms with Gasteiger partial charge in [-0.2, -0.15) is 0 Å². The van der Waals surface area contributed by atoms with E-state index in [2.05, 4.69) is 5.32 Å². The Hall–Kier alpha value is -2.48. The molecule has 23 heavy (non-hydrogen) atoms. The number of hydrogen-bond acceptors (Lipinski definition) is 5. The van der Waals surface area contributed by atoms with Crippen LogP contribution in [0, 0.1) is 15.9 Å². The van der Waals surface area contributed by atoms with Crippen LogP contribution < -0.4 is 10.1 Å². The summed E-state index contributed by atoms with van der Waals surface area (Å²) in [6, 6.07) is 9.08. The molecule has 0 fully saturated rings. The second-order valence-electron chi connectivity index (χ2n) is 4.71. The van der Waals surface area contributed by atoms with Crippen LogP contribution in [0.3, 0.4) is 0 Å². The van der Waals surface area contributed by atoms with E-state index in [4.69, 9.17) is 4.74 Å². The molecule has 2 aromatic rings. The Balaban J connectivity index is 2.22. The number of rotatable bonds is 6. The Morgan fingerprint density at radius 3 is 2.48 bits per heavy atom. The maximum absolute atomic E-state index is 13.6. The third-order valence-corrected chi connectivity index (χ3v) is 4.14. The van der Waals surface area contributed by atoms with E-state index in [1.807, 2.05) is 0 Å². The van der Waals surface area contributed by atoms with Crippen LogP contribution in [-0.4, -0.2) is 22.5 Å². The van der Waals surface area contributed by atoms with Crippen LogP contribution in [0.15, 0.2) is 41.3 Å². The molecule has 0 aliphatic carbocycles. The Bertz CT molecular complexity index is 750. The molecule has 0 aliphatic heterocycles. The Morgan fingerprint density at radius 2 is 1.96 bits per heavy atom. The van der Waals surface area contributed by atoms with Crippen LogP contribution in [0.25, 0.3) is 0 Å². The minimum Gasteiger partial charge on any atom is -0.494 e. The van der Waals surface area contributed by atoms with E-state index in [1.165, 1.54) is 13.2 Å². The third kappa shape index (κ3) is 4.04. The number of halogens is 1. The SMILES string of the molecule is COc1cc(NCc2ccc([S@](C)=O)cc2)c([N+](=O)[O-])cc1F. The second kappa shape index (κ2) is 7.19. The molecule has 0 saturated heterocycles. The van der Waals surface area contributed by atoms with Crippen molar-refractivity contribution in [2.75, 3.05) is 18.7 Å². The number of ether oxygens (including phenoxy) is 1. The van der Waals surface area contributed by atoms with Gasteiger partial charge < -0.3 is 10.1 Å². The van der Waals surface area contributed by atoms with Gasteiger partial charge in [-0.05, 0) is 17.7 Å². The van der Waals surface area contributed by atoms with Gasteiger partial charge in [0.1, 0.15) is 5.69 Å². The first-order valence-electron chi connectivity index (χ1n) is 6.60. The van der Waals surface area contributed by atoms with Crippen molar-refractivity contribution in [1.82, 2.24) is 0 Å². The Kier molecular flexibility index (Phi) is 5.28. The van der Waals surface area contributed by atoms with Gasteiger partial charge in [0.25, 0.3) is 5.69 Å². The number of nitrogens with one attached hydrogen (secondary N) is 1. The quantitative estimate of drug-likeness (QED) is 0.646. The molecule has 0 radical (unpaired) electrons. The van der Waals surface area contributed by atoms with Crippen molar-refractivity contribution < 1.29 is 18.3 Å². The number of hydrogen-bond donors (Lipinski definition) is 1. The van der Waals surface area contributed by atoms with Crippen molar-refractivity contribution in [3.63, 3.8) is 0 Å². The predicted octanol–water partition coefficient (Wildman–Crippen LogP) is 3.09. The summed E-state index contributed by atoms with van der Waals surface area (Å²) in [5.74, 6) is -0.866. The highest BCUT2D eigenvalue weighted by molar-refractivity contribution is 7.84. The summed E-state index contributed by atoms with van der Waals surface area (Å²) >= 11 is 0. The number of nitro benzene ring substituents is 1. The first kappa shape index (κ1) is 16.9. The van der Waals surface area contributed by atoms with Crippen molar-refractivity contribution in [3.05, 3.63) is 57.9 Å². The molecule has 122 valence electrons. The van der Waals surface area contributed by atoms with Crippen molar-refractivity contribution >= 4 is 22.2 Å². The van der Waals surface area contributed by atoms with Gasteiger partial charge in [-0.15, -0.1) is 0 Å². The first-order chi connectivity index (χ1) is 10.9. The van der Waals surface area contributed by atoms with Gasteiger partial charge in [-0.1, -0.05) is 12.1 Å². The van der Waals surface area contributed by atoms with Crippen LogP contribution in [0.4, 0.5) is 15.8 Å². The summed E-state index contributed by atoms with van der Waals surface area (Å²) in [7, 11) is 0.227. The average Bonchev–Trinajstić information content (AvgIpc) is 2.53. The van der Waals surface area contributed by atoms with E-state index in [0.29, 0.717) is 11.4 Å². The molecule has 0 amide bonds. The number of nitro groups is 1. The van der Waals surface area contributed by atoms with Gasteiger partial charge in [0.2, 0.25) is 0 Å². The van der Waals surface area contributed by atoms with E-state index in [9.17, 15) is 18.7 Å². The summed E-state index contributed by atoms with van der Waals surface area (Å²) in [4.78, 5) is 11.1. The van der Waals surface area contributed by atoms with Crippen molar-refractivity contribution in [2.45, 2.75) is 11.4 Å². The molecule has 0 unspecified atom stereocenters. The zero-order valence-electron chi connectivity index (χ0n) is 12.5. The van der Waals surface area contributed by atoms with Gasteiger partial charge in [0.15, 0.2) is 11.6 Å². The summed E-state index contributed by atoms with van der Waals surface area (Å²) in [5, 5.41) is 13.9. The fourth-order valence-corrected chi connectivity index (χ4v) is 2.51. The number of anilines is 1.